The summed E-state index contributed by atoms with van der Waals surface area (Å²) in [6, 6.07) is 16.6. The molecule has 0 heterocycles. The van der Waals surface area contributed by atoms with Crippen LogP contribution in [0, 0.1) is 3.57 Å². The molecule has 0 aliphatic heterocycles. The standard InChI is InChI=1S/C16H18INO/c1-3-18-12(2)13-7-6-8-14(11-13)19-16-10-5-4-9-15(16)17/h4-12,18H,3H2,1-2H3. The molecule has 0 saturated carbocycles. The van der Waals surface area contributed by atoms with Crippen LogP contribution in [0.15, 0.2) is 48.5 Å². The van der Waals surface area contributed by atoms with E-state index in [-0.39, 0.29) is 0 Å². The van der Waals surface area contributed by atoms with Crippen LogP contribution in [-0.4, -0.2) is 6.54 Å². The van der Waals surface area contributed by atoms with Gasteiger partial charge < -0.3 is 10.1 Å². The average molecular weight is 367 g/mol. The van der Waals surface area contributed by atoms with Crippen LogP contribution in [0.5, 0.6) is 11.5 Å². The summed E-state index contributed by atoms with van der Waals surface area (Å²) in [5.41, 5.74) is 1.24. The molecule has 19 heavy (non-hydrogen) atoms. The third-order valence-electron chi connectivity index (χ3n) is 2.93. The number of nitrogens with one attached hydrogen (secondary N) is 1. The van der Waals surface area contributed by atoms with E-state index in [0.717, 1.165) is 21.6 Å². The Morgan fingerprint density at radius 1 is 1.16 bits per heavy atom. The summed E-state index contributed by atoms with van der Waals surface area (Å²) >= 11 is 2.29. The van der Waals surface area contributed by atoms with Gasteiger partial charge in [-0.25, -0.2) is 0 Å². The molecule has 1 unspecified atom stereocenters. The number of benzene rings is 2. The summed E-state index contributed by atoms with van der Waals surface area (Å²) < 4.78 is 7.06. The Labute approximate surface area is 128 Å². The molecular formula is C16H18INO. The van der Waals surface area contributed by atoms with E-state index in [1.807, 2.05) is 36.4 Å². The summed E-state index contributed by atoms with van der Waals surface area (Å²) in [6.45, 7) is 5.24. The molecule has 1 atom stereocenters. The number of para-hydroxylation sites is 1. The van der Waals surface area contributed by atoms with Gasteiger partial charge in [-0.2, -0.15) is 0 Å². The Balaban J connectivity index is 2.18. The normalized spacial score (nSPS) is 12.2. The maximum Gasteiger partial charge on any atom is 0.140 e. The molecule has 3 heteroatoms. The average Bonchev–Trinajstić information content (AvgIpc) is 2.42. The summed E-state index contributed by atoms with van der Waals surface area (Å²) in [5, 5.41) is 3.41. The van der Waals surface area contributed by atoms with Crippen molar-refractivity contribution in [2.24, 2.45) is 0 Å². The first kappa shape index (κ1) is 14.3. The van der Waals surface area contributed by atoms with Crippen LogP contribution < -0.4 is 10.1 Å². The van der Waals surface area contributed by atoms with Crippen molar-refractivity contribution in [1.29, 1.82) is 0 Å². The highest BCUT2D eigenvalue weighted by atomic mass is 127. The zero-order valence-corrected chi connectivity index (χ0v) is 13.3. The van der Waals surface area contributed by atoms with Crippen molar-refractivity contribution in [3.8, 4) is 11.5 Å². The predicted molar refractivity (Wildman–Crippen MR) is 87.8 cm³/mol. The number of halogens is 1. The zero-order chi connectivity index (χ0) is 13.7. The van der Waals surface area contributed by atoms with Crippen LogP contribution in [0.2, 0.25) is 0 Å². The van der Waals surface area contributed by atoms with E-state index in [1.165, 1.54) is 5.56 Å². The van der Waals surface area contributed by atoms with E-state index in [4.69, 9.17) is 4.74 Å². The molecule has 0 fully saturated rings. The number of hydrogen-bond donors (Lipinski definition) is 1. The summed E-state index contributed by atoms with van der Waals surface area (Å²) in [6.07, 6.45) is 0. The van der Waals surface area contributed by atoms with E-state index in [0.29, 0.717) is 6.04 Å². The second kappa shape index (κ2) is 6.91. The van der Waals surface area contributed by atoms with Gasteiger partial charge in [0, 0.05) is 6.04 Å². The van der Waals surface area contributed by atoms with Gasteiger partial charge in [-0.15, -0.1) is 0 Å². The first-order valence-corrected chi connectivity index (χ1v) is 7.54. The highest BCUT2D eigenvalue weighted by Crippen LogP contribution is 2.28. The molecule has 0 aromatic heterocycles. The number of rotatable bonds is 5. The number of hydrogen-bond acceptors (Lipinski definition) is 2. The van der Waals surface area contributed by atoms with Gasteiger partial charge in [0.15, 0.2) is 0 Å². The van der Waals surface area contributed by atoms with Crippen LogP contribution in [0.3, 0.4) is 0 Å². The van der Waals surface area contributed by atoms with Gasteiger partial charge in [0.1, 0.15) is 11.5 Å². The highest BCUT2D eigenvalue weighted by molar-refractivity contribution is 14.1. The lowest BCUT2D eigenvalue weighted by atomic mass is 10.1. The Morgan fingerprint density at radius 2 is 1.95 bits per heavy atom. The third-order valence-corrected chi connectivity index (χ3v) is 3.82. The van der Waals surface area contributed by atoms with Crippen LogP contribution in [-0.2, 0) is 0 Å². The lowest BCUT2D eigenvalue weighted by molar-refractivity contribution is 0.476. The Morgan fingerprint density at radius 3 is 2.68 bits per heavy atom. The van der Waals surface area contributed by atoms with Crippen molar-refractivity contribution in [2.45, 2.75) is 19.9 Å². The van der Waals surface area contributed by atoms with Crippen molar-refractivity contribution in [2.75, 3.05) is 6.54 Å². The lowest BCUT2D eigenvalue weighted by Gasteiger charge is -2.14. The van der Waals surface area contributed by atoms with Crippen molar-refractivity contribution < 1.29 is 4.74 Å². The topological polar surface area (TPSA) is 21.3 Å². The molecule has 0 aliphatic rings. The smallest absolute Gasteiger partial charge is 0.140 e. The van der Waals surface area contributed by atoms with E-state index in [1.54, 1.807) is 0 Å². The first-order chi connectivity index (χ1) is 9.20. The van der Waals surface area contributed by atoms with Crippen LogP contribution >= 0.6 is 22.6 Å². The minimum atomic E-state index is 0.336. The minimum Gasteiger partial charge on any atom is -0.456 e. The molecule has 2 aromatic rings. The third kappa shape index (κ3) is 3.94. The fourth-order valence-corrected chi connectivity index (χ4v) is 2.42. The first-order valence-electron chi connectivity index (χ1n) is 6.46. The number of ether oxygens (including phenoxy) is 1. The monoisotopic (exact) mass is 367 g/mol. The van der Waals surface area contributed by atoms with Gasteiger partial charge in [0.05, 0.1) is 3.57 Å². The predicted octanol–water partition coefficient (Wildman–Crippen LogP) is 4.75. The second-order valence-corrected chi connectivity index (χ2v) is 5.55. The second-order valence-electron chi connectivity index (χ2n) is 4.38. The summed E-state index contributed by atoms with van der Waals surface area (Å²) in [5.74, 6) is 1.78. The minimum absolute atomic E-state index is 0.336. The summed E-state index contributed by atoms with van der Waals surface area (Å²) in [7, 11) is 0. The molecule has 0 saturated heterocycles. The van der Waals surface area contributed by atoms with Gasteiger partial charge in [-0.3, -0.25) is 0 Å². The Bertz CT molecular complexity index is 542. The van der Waals surface area contributed by atoms with Crippen LogP contribution in [0.25, 0.3) is 0 Å². The fraction of sp³-hybridized carbons (Fsp3) is 0.250. The molecule has 2 aromatic carbocycles. The Hall–Kier alpha value is -1.07. The van der Waals surface area contributed by atoms with Crippen LogP contribution in [0.1, 0.15) is 25.5 Å². The van der Waals surface area contributed by atoms with Crippen molar-refractivity contribution in [3.05, 3.63) is 57.7 Å². The Kier molecular flexibility index (Phi) is 5.22. The van der Waals surface area contributed by atoms with E-state index in [9.17, 15) is 0 Å². The molecule has 2 rings (SSSR count). The molecule has 1 N–H and O–H groups in total. The summed E-state index contributed by atoms with van der Waals surface area (Å²) in [4.78, 5) is 0. The van der Waals surface area contributed by atoms with E-state index >= 15 is 0 Å². The molecule has 100 valence electrons. The largest absolute Gasteiger partial charge is 0.456 e. The molecule has 0 radical (unpaired) electrons. The van der Waals surface area contributed by atoms with E-state index < -0.39 is 0 Å². The molecule has 0 spiro atoms. The SMILES string of the molecule is CCNC(C)c1cccc(Oc2ccccc2I)c1. The maximum atomic E-state index is 5.94. The van der Waals surface area contributed by atoms with Gasteiger partial charge >= 0.3 is 0 Å². The molecule has 0 amide bonds. The quantitative estimate of drug-likeness (QED) is 0.770. The van der Waals surface area contributed by atoms with Gasteiger partial charge in [-0.05, 0) is 65.9 Å². The molecule has 2 nitrogen and oxygen atoms in total. The van der Waals surface area contributed by atoms with Crippen molar-refractivity contribution >= 4 is 22.6 Å². The molecule has 0 aliphatic carbocycles. The fourth-order valence-electron chi connectivity index (χ4n) is 1.93. The van der Waals surface area contributed by atoms with Crippen molar-refractivity contribution in [3.63, 3.8) is 0 Å². The maximum absolute atomic E-state index is 5.94. The van der Waals surface area contributed by atoms with E-state index in [2.05, 4.69) is 53.9 Å². The zero-order valence-electron chi connectivity index (χ0n) is 11.2. The lowest BCUT2D eigenvalue weighted by Crippen LogP contribution is -2.17. The van der Waals surface area contributed by atoms with Crippen LogP contribution in [0.4, 0.5) is 0 Å². The molecular weight excluding hydrogens is 349 g/mol. The van der Waals surface area contributed by atoms with Gasteiger partial charge in [-0.1, -0.05) is 31.2 Å². The van der Waals surface area contributed by atoms with Gasteiger partial charge in [0.25, 0.3) is 0 Å². The molecule has 0 bridgehead atoms. The van der Waals surface area contributed by atoms with Crippen molar-refractivity contribution in [1.82, 2.24) is 5.32 Å². The highest BCUT2D eigenvalue weighted by Gasteiger charge is 2.06. The van der Waals surface area contributed by atoms with Gasteiger partial charge in [0.2, 0.25) is 0 Å².